The first-order valence-corrected chi connectivity index (χ1v) is 21.9. The van der Waals surface area contributed by atoms with E-state index in [0.29, 0.717) is 99.2 Å². The van der Waals surface area contributed by atoms with E-state index in [9.17, 15) is 29.1 Å². The van der Waals surface area contributed by atoms with E-state index in [-0.39, 0.29) is 54.3 Å². The third-order valence-corrected chi connectivity index (χ3v) is 13.0. The van der Waals surface area contributed by atoms with Crippen LogP contribution < -0.4 is 27.4 Å². The molecule has 8 N–H and O–H groups in total. The number of benzene rings is 2. The van der Waals surface area contributed by atoms with Crippen LogP contribution in [-0.2, 0) is 24.0 Å². The van der Waals surface area contributed by atoms with Gasteiger partial charge in [0.2, 0.25) is 29.5 Å². The number of aliphatic hydroxyl groups excluding tert-OH is 1. The number of aliphatic hydroxyl groups is 1. The Morgan fingerprint density at radius 3 is 2.39 bits per heavy atom. The normalized spacial score (nSPS) is 22.4. The van der Waals surface area contributed by atoms with Gasteiger partial charge in [-0.25, -0.2) is 0 Å². The maximum Gasteiger partial charge on any atom is 0.243 e. The summed E-state index contributed by atoms with van der Waals surface area (Å²) in [6, 6.07) is 10.7. The van der Waals surface area contributed by atoms with Crippen LogP contribution in [0.5, 0.6) is 0 Å². The number of halogens is 2. The van der Waals surface area contributed by atoms with Gasteiger partial charge in [-0.3, -0.25) is 29.0 Å². The molecule has 320 valence electrons. The Hall–Kier alpha value is -4.40. The lowest BCUT2D eigenvalue weighted by Gasteiger charge is -2.36. The third kappa shape index (κ3) is 11.9. The fourth-order valence-corrected chi connectivity index (χ4v) is 9.27. The number of carbonyl (C=O) groups excluding carboxylic acids is 5. The van der Waals surface area contributed by atoms with Crippen molar-refractivity contribution in [3.05, 3.63) is 52.5 Å². The van der Waals surface area contributed by atoms with Crippen molar-refractivity contribution in [1.29, 1.82) is 0 Å². The molecule has 2 aliphatic carbocycles. The Morgan fingerprint density at radius 1 is 0.864 bits per heavy atom. The zero-order valence-electron chi connectivity index (χ0n) is 33.6. The summed E-state index contributed by atoms with van der Waals surface area (Å²) in [6.07, 6.45) is 7.48. The molecule has 2 saturated carbocycles. The summed E-state index contributed by atoms with van der Waals surface area (Å²) in [5, 5.41) is 21.5. The molecule has 2 aliphatic heterocycles. The molecule has 2 saturated heterocycles. The fourth-order valence-electron chi connectivity index (χ4n) is 8.97. The molecule has 6 atom stereocenters. The number of guanidine groups is 1. The molecule has 4 fully saturated rings. The van der Waals surface area contributed by atoms with Gasteiger partial charge in [-0.1, -0.05) is 60.7 Å². The van der Waals surface area contributed by atoms with Gasteiger partial charge in [0.15, 0.2) is 5.96 Å². The molecule has 4 aliphatic rings. The summed E-state index contributed by atoms with van der Waals surface area (Å²) in [5.41, 5.74) is 13.2. The van der Waals surface area contributed by atoms with Crippen molar-refractivity contribution in [3.8, 4) is 11.1 Å². The summed E-state index contributed by atoms with van der Waals surface area (Å²) in [4.78, 5) is 75.1. The molecule has 0 bridgehead atoms. The lowest BCUT2D eigenvalue weighted by Crippen LogP contribution is -2.54. The van der Waals surface area contributed by atoms with Gasteiger partial charge in [0.25, 0.3) is 0 Å². The zero-order chi connectivity index (χ0) is 42.1. The van der Waals surface area contributed by atoms with Gasteiger partial charge in [-0.15, -0.1) is 0 Å². The van der Waals surface area contributed by atoms with E-state index in [4.69, 9.17) is 34.7 Å². The molecule has 2 aromatic carbocycles. The van der Waals surface area contributed by atoms with Crippen molar-refractivity contribution in [2.45, 2.75) is 114 Å². The molecule has 14 nitrogen and oxygen atoms in total. The van der Waals surface area contributed by atoms with E-state index in [0.717, 1.165) is 24.0 Å². The molecule has 16 heteroatoms. The Labute approximate surface area is 356 Å². The number of anilines is 1. The van der Waals surface area contributed by atoms with E-state index in [1.165, 1.54) is 12.8 Å². The van der Waals surface area contributed by atoms with Crippen molar-refractivity contribution in [1.82, 2.24) is 20.4 Å². The number of nitrogens with two attached hydrogens (primary N) is 2. The minimum atomic E-state index is -0.931. The number of hydrogen-bond acceptors (Lipinski definition) is 7. The number of amides is 5. The highest BCUT2D eigenvalue weighted by Gasteiger charge is 2.47. The minimum Gasteiger partial charge on any atom is -0.391 e. The van der Waals surface area contributed by atoms with Gasteiger partial charge in [-0.2, -0.15) is 0 Å². The topological polar surface area (TPSA) is 213 Å². The molecule has 0 radical (unpaired) electrons. The second-order valence-corrected chi connectivity index (χ2v) is 17.3. The summed E-state index contributed by atoms with van der Waals surface area (Å²) in [5.74, 6) is -1.59. The lowest BCUT2D eigenvalue weighted by atomic mass is 9.85. The van der Waals surface area contributed by atoms with Crippen LogP contribution in [0.3, 0.4) is 0 Å². The minimum absolute atomic E-state index is 0.0209. The number of likely N-dealkylation sites (tertiary alicyclic amines) is 2. The van der Waals surface area contributed by atoms with Gasteiger partial charge < -0.3 is 42.3 Å². The van der Waals surface area contributed by atoms with Crippen LogP contribution in [0, 0.1) is 17.8 Å². The molecule has 2 heterocycles. The highest BCUT2D eigenvalue weighted by Crippen LogP contribution is 2.40. The van der Waals surface area contributed by atoms with Crippen LogP contribution in [0.25, 0.3) is 11.1 Å². The highest BCUT2D eigenvalue weighted by atomic mass is 35.5. The van der Waals surface area contributed by atoms with Gasteiger partial charge in [0, 0.05) is 50.6 Å². The number of hydrogen-bond donors (Lipinski definition) is 6. The van der Waals surface area contributed by atoms with Gasteiger partial charge in [0.1, 0.15) is 12.1 Å². The smallest absolute Gasteiger partial charge is 0.243 e. The molecular weight excluding hydrogens is 795 g/mol. The van der Waals surface area contributed by atoms with Gasteiger partial charge in [-0.05, 0) is 105 Å². The first kappa shape index (κ1) is 44.2. The predicted molar refractivity (Wildman–Crippen MR) is 228 cm³/mol. The van der Waals surface area contributed by atoms with Crippen LogP contribution in [0.4, 0.5) is 5.69 Å². The molecule has 5 amide bonds. The molecular formula is C43H58Cl2N8O6. The van der Waals surface area contributed by atoms with Crippen LogP contribution in [-0.4, -0.2) is 101 Å². The van der Waals surface area contributed by atoms with E-state index < -0.39 is 30.1 Å². The van der Waals surface area contributed by atoms with E-state index >= 15 is 0 Å². The number of carbonyl (C=O) groups is 5. The average molecular weight is 854 g/mol. The average Bonchev–Trinajstić information content (AvgIpc) is 3.58. The summed E-state index contributed by atoms with van der Waals surface area (Å²) < 4.78 is 0. The maximum atomic E-state index is 14.3. The van der Waals surface area contributed by atoms with E-state index in [1.54, 1.807) is 28.0 Å². The highest BCUT2D eigenvalue weighted by molar-refractivity contribution is 6.42. The van der Waals surface area contributed by atoms with Crippen LogP contribution >= 0.6 is 23.2 Å². The number of aliphatic imine (C=N–C) groups is 1. The fraction of sp³-hybridized carbons (Fsp3) is 0.581. The molecule has 2 aromatic rings. The number of nitrogens with one attached hydrogen (secondary N) is 3. The molecule has 6 rings (SSSR count). The van der Waals surface area contributed by atoms with Crippen molar-refractivity contribution in [3.63, 3.8) is 0 Å². The van der Waals surface area contributed by atoms with Gasteiger partial charge >= 0.3 is 0 Å². The standard InChI is InChI=1S/C43H58Cl2N8O6/c44-32-16-15-28(25-33(32)45)27-6-1-7-29(24-27)50-37(54)17-18-38(55)52-22-4-11-35(52)39(56)30-8-2-9-31(30)42(59)53-23-5-12-36(53)41(58)51-34(10-3-20-49-43(46)47)40(57)48-21-19-26-13-14-26/h1,6-7,15-16,24-26,30-31,34-36,39,56H,2-5,8-14,17-23H2,(H,48,57)(H,50,54)(H,51,58)(H4,46,47,49)/t30-,31-,34+,35+,36+,39-/m1/s1. The zero-order valence-corrected chi connectivity index (χ0v) is 35.1. The SMILES string of the molecule is NC(N)=NCCC[C@H](NC(=O)[C@@H]1CCCN1C(=O)[C@@H]1CCC[C@H]1[C@@H](O)[C@@H]1CCCN1C(=O)CCC(=O)Nc1cccc(-c2ccc(Cl)c(Cl)c2)c1)C(=O)NCCC1CC1. The predicted octanol–water partition coefficient (Wildman–Crippen LogP) is 4.59. The monoisotopic (exact) mass is 852 g/mol. The quantitative estimate of drug-likeness (QED) is 0.0708. The molecule has 59 heavy (non-hydrogen) atoms. The van der Waals surface area contributed by atoms with Crippen molar-refractivity contribution in [2.75, 3.05) is 31.5 Å². The third-order valence-electron chi connectivity index (χ3n) is 12.3. The first-order valence-electron chi connectivity index (χ1n) is 21.2. The first-order chi connectivity index (χ1) is 28.4. The molecule has 0 spiro atoms. The number of nitrogens with zero attached hydrogens (tertiary/aromatic N) is 3. The Bertz CT molecular complexity index is 1870. The summed E-state index contributed by atoms with van der Waals surface area (Å²) >= 11 is 12.3. The van der Waals surface area contributed by atoms with Crippen LogP contribution in [0.1, 0.15) is 89.9 Å². The van der Waals surface area contributed by atoms with Crippen LogP contribution in [0.2, 0.25) is 10.0 Å². The second kappa shape index (κ2) is 20.7. The van der Waals surface area contributed by atoms with Gasteiger partial charge in [0.05, 0.1) is 22.2 Å². The summed E-state index contributed by atoms with van der Waals surface area (Å²) in [6.45, 7) is 1.74. The maximum absolute atomic E-state index is 14.3. The Morgan fingerprint density at radius 2 is 1.63 bits per heavy atom. The Kier molecular flexibility index (Phi) is 15.5. The largest absolute Gasteiger partial charge is 0.391 e. The second-order valence-electron chi connectivity index (χ2n) is 16.5. The van der Waals surface area contributed by atoms with E-state index in [1.807, 2.05) is 24.3 Å². The van der Waals surface area contributed by atoms with Crippen molar-refractivity contribution in [2.24, 2.45) is 34.2 Å². The molecule has 0 unspecified atom stereocenters. The van der Waals surface area contributed by atoms with E-state index in [2.05, 4.69) is 20.9 Å². The molecule has 0 aromatic heterocycles. The number of rotatable bonds is 18. The summed E-state index contributed by atoms with van der Waals surface area (Å²) in [7, 11) is 0. The van der Waals surface area contributed by atoms with Crippen molar-refractivity contribution < 1.29 is 29.1 Å². The lowest BCUT2D eigenvalue weighted by molar-refractivity contribution is -0.145. The van der Waals surface area contributed by atoms with Crippen molar-refractivity contribution >= 4 is 64.4 Å². The Balaban J connectivity index is 1.02. The van der Waals surface area contributed by atoms with Crippen LogP contribution in [0.15, 0.2) is 47.5 Å².